The molecule has 0 unspecified atom stereocenters. The minimum atomic E-state index is -1.44. The number of carboxylic acids is 1. The van der Waals surface area contributed by atoms with E-state index < -0.39 is 23.5 Å². The van der Waals surface area contributed by atoms with Crippen molar-refractivity contribution >= 4 is 33.8 Å². The second-order valence-electron chi connectivity index (χ2n) is 7.59. The maximum Gasteiger partial charge on any atom is 0.340 e. The lowest BCUT2D eigenvalue weighted by Crippen LogP contribution is -2.42. The van der Waals surface area contributed by atoms with E-state index in [4.69, 9.17) is 8.83 Å². The van der Waals surface area contributed by atoms with Crippen molar-refractivity contribution in [3.05, 3.63) is 80.9 Å². The van der Waals surface area contributed by atoms with Gasteiger partial charge in [-0.3, -0.25) is 4.79 Å². The molecule has 0 spiro atoms. The molecule has 4 aromatic rings. The van der Waals surface area contributed by atoms with E-state index in [0.29, 0.717) is 27.7 Å². The van der Waals surface area contributed by atoms with Crippen LogP contribution in [0, 0.1) is 20.8 Å². The highest BCUT2D eigenvalue weighted by molar-refractivity contribution is 6.07. The van der Waals surface area contributed by atoms with Gasteiger partial charge in [-0.05, 0) is 49.1 Å². The van der Waals surface area contributed by atoms with Crippen molar-refractivity contribution in [2.24, 2.45) is 0 Å². The summed E-state index contributed by atoms with van der Waals surface area (Å²) in [4.78, 5) is 36.8. The molecule has 0 saturated carbocycles. The van der Waals surface area contributed by atoms with Gasteiger partial charge in [0.25, 0.3) is 0 Å². The number of amides is 1. The standard InChI is InChI=1S/C24H21NO6/c1-12-9-17-20(22-19(12)13(2)11-30-22)14(3)16(24(29)31-17)10-18(26)25-21(23(27)28)15-7-5-4-6-8-15/h4-9,11,21H,10H2,1-3H3,(H,25,26)(H,27,28)/p-1/t21-/m1/s1. The van der Waals surface area contributed by atoms with Gasteiger partial charge in [0.2, 0.25) is 5.91 Å². The van der Waals surface area contributed by atoms with Crippen molar-refractivity contribution in [1.82, 2.24) is 5.32 Å². The number of carbonyl (C=O) groups is 2. The highest BCUT2D eigenvalue weighted by atomic mass is 16.4. The molecule has 2 heterocycles. The predicted molar refractivity (Wildman–Crippen MR) is 113 cm³/mol. The Balaban J connectivity index is 1.74. The third-order valence-corrected chi connectivity index (χ3v) is 5.48. The molecule has 2 aromatic heterocycles. The van der Waals surface area contributed by atoms with E-state index in [9.17, 15) is 19.5 Å². The fourth-order valence-electron chi connectivity index (χ4n) is 3.97. The SMILES string of the molecule is Cc1coc2c1c(C)cc1oc(=O)c(CC(=O)N[C@@H](C(=O)[O-])c3ccccc3)c(C)c12. The van der Waals surface area contributed by atoms with E-state index in [-0.39, 0.29) is 12.0 Å². The van der Waals surface area contributed by atoms with Gasteiger partial charge in [-0.2, -0.15) is 0 Å². The Morgan fingerprint density at radius 3 is 2.45 bits per heavy atom. The first-order valence-corrected chi connectivity index (χ1v) is 9.76. The van der Waals surface area contributed by atoms with E-state index >= 15 is 0 Å². The molecule has 0 saturated heterocycles. The number of hydrogen-bond donors (Lipinski definition) is 1. The summed E-state index contributed by atoms with van der Waals surface area (Å²) in [5, 5.41) is 15.5. The van der Waals surface area contributed by atoms with E-state index in [1.165, 1.54) is 0 Å². The number of aliphatic carboxylic acids is 1. The minimum absolute atomic E-state index is 0.148. The lowest BCUT2D eigenvalue weighted by Gasteiger charge is -2.20. The molecule has 31 heavy (non-hydrogen) atoms. The lowest BCUT2D eigenvalue weighted by molar-refractivity contribution is -0.308. The minimum Gasteiger partial charge on any atom is -0.548 e. The van der Waals surface area contributed by atoms with Gasteiger partial charge in [0, 0.05) is 5.39 Å². The van der Waals surface area contributed by atoms with Crippen molar-refractivity contribution in [1.29, 1.82) is 0 Å². The Bertz CT molecular complexity index is 1380. The smallest absolute Gasteiger partial charge is 0.340 e. The zero-order valence-corrected chi connectivity index (χ0v) is 17.3. The highest BCUT2D eigenvalue weighted by Gasteiger charge is 2.22. The van der Waals surface area contributed by atoms with Crippen LogP contribution in [-0.4, -0.2) is 11.9 Å². The molecule has 0 fully saturated rings. The van der Waals surface area contributed by atoms with Crippen molar-refractivity contribution in [2.45, 2.75) is 33.2 Å². The molecule has 0 aliphatic heterocycles. The third-order valence-electron chi connectivity index (χ3n) is 5.48. The molecule has 1 atom stereocenters. The number of aryl methyl sites for hydroxylation is 3. The number of nitrogens with one attached hydrogen (secondary N) is 1. The average Bonchev–Trinajstić information content (AvgIpc) is 3.11. The van der Waals surface area contributed by atoms with E-state index in [1.807, 2.05) is 13.8 Å². The molecule has 2 aromatic carbocycles. The average molecular weight is 418 g/mol. The van der Waals surface area contributed by atoms with Crippen LogP contribution in [0.5, 0.6) is 0 Å². The summed E-state index contributed by atoms with van der Waals surface area (Å²) in [7, 11) is 0. The van der Waals surface area contributed by atoms with Crippen LogP contribution in [0.4, 0.5) is 0 Å². The molecule has 7 heteroatoms. The maximum absolute atomic E-state index is 12.7. The summed E-state index contributed by atoms with van der Waals surface area (Å²) in [5.41, 5.74) is 3.28. The highest BCUT2D eigenvalue weighted by Crippen LogP contribution is 2.34. The molecule has 1 N–H and O–H groups in total. The van der Waals surface area contributed by atoms with Crippen molar-refractivity contribution in [2.75, 3.05) is 0 Å². The van der Waals surface area contributed by atoms with Gasteiger partial charge in [-0.15, -0.1) is 0 Å². The summed E-state index contributed by atoms with van der Waals surface area (Å²) >= 11 is 0. The largest absolute Gasteiger partial charge is 0.548 e. The van der Waals surface area contributed by atoms with Crippen molar-refractivity contribution in [3.63, 3.8) is 0 Å². The first-order valence-electron chi connectivity index (χ1n) is 9.76. The molecule has 158 valence electrons. The number of hydrogen-bond acceptors (Lipinski definition) is 6. The third kappa shape index (κ3) is 3.59. The lowest BCUT2D eigenvalue weighted by atomic mass is 9.98. The van der Waals surface area contributed by atoms with Crippen LogP contribution in [0.25, 0.3) is 21.9 Å². The Morgan fingerprint density at radius 1 is 1.06 bits per heavy atom. The summed E-state index contributed by atoms with van der Waals surface area (Å²) in [6, 6.07) is 8.67. The number of rotatable bonds is 5. The first-order chi connectivity index (χ1) is 14.8. The normalized spacial score (nSPS) is 12.2. The maximum atomic E-state index is 12.7. The van der Waals surface area contributed by atoms with E-state index in [1.54, 1.807) is 49.6 Å². The van der Waals surface area contributed by atoms with Crippen LogP contribution in [-0.2, 0) is 16.0 Å². The van der Waals surface area contributed by atoms with E-state index in [0.717, 1.165) is 16.5 Å². The molecule has 0 aliphatic carbocycles. The van der Waals surface area contributed by atoms with Crippen molar-refractivity contribution in [3.8, 4) is 0 Å². The van der Waals surface area contributed by atoms with Gasteiger partial charge >= 0.3 is 5.63 Å². The van der Waals surface area contributed by atoms with Crippen LogP contribution in [0.15, 0.2) is 56.3 Å². The van der Waals surface area contributed by atoms with Gasteiger partial charge in [0.05, 0.1) is 35.6 Å². The summed E-state index contributed by atoms with van der Waals surface area (Å²) in [6.45, 7) is 5.56. The quantitative estimate of drug-likeness (QED) is 0.499. The van der Waals surface area contributed by atoms with Gasteiger partial charge < -0.3 is 24.1 Å². The second-order valence-corrected chi connectivity index (χ2v) is 7.59. The van der Waals surface area contributed by atoms with Crippen LogP contribution in [0.3, 0.4) is 0 Å². The van der Waals surface area contributed by atoms with Crippen LogP contribution < -0.4 is 16.0 Å². The van der Waals surface area contributed by atoms with Gasteiger partial charge in [0.15, 0.2) is 0 Å². The fraction of sp³-hybridized carbons (Fsp3) is 0.208. The van der Waals surface area contributed by atoms with Gasteiger partial charge in [-0.25, -0.2) is 4.79 Å². The van der Waals surface area contributed by atoms with Crippen LogP contribution >= 0.6 is 0 Å². The predicted octanol–water partition coefficient (Wildman–Crippen LogP) is 2.61. The van der Waals surface area contributed by atoms with Crippen molar-refractivity contribution < 1.29 is 23.5 Å². The second kappa shape index (κ2) is 7.75. The first kappa shape index (κ1) is 20.4. The fourth-order valence-corrected chi connectivity index (χ4v) is 3.97. The van der Waals surface area contributed by atoms with Crippen LogP contribution in [0.2, 0.25) is 0 Å². The number of carboxylic acid groups (broad SMARTS) is 1. The molecule has 0 bridgehead atoms. The number of benzene rings is 2. The molecule has 0 aliphatic rings. The molecule has 1 amide bonds. The van der Waals surface area contributed by atoms with Gasteiger partial charge in [0.1, 0.15) is 11.2 Å². The number of carbonyl (C=O) groups excluding carboxylic acids is 2. The molecule has 4 rings (SSSR count). The van der Waals surface area contributed by atoms with E-state index in [2.05, 4.69) is 5.32 Å². The van der Waals surface area contributed by atoms with Crippen LogP contribution in [0.1, 0.15) is 33.9 Å². The Labute approximate surface area is 177 Å². The Morgan fingerprint density at radius 2 is 1.77 bits per heavy atom. The topological polar surface area (TPSA) is 113 Å². The Hall–Kier alpha value is -3.87. The summed E-state index contributed by atoms with van der Waals surface area (Å²) < 4.78 is 11.2. The Kier molecular flexibility index (Phi) is 5.10. The monoisotopic (exact) mass is 418 g/mol. The zero-order valence-electron chi connectivity index (χ0n) is 17.3. The molecular formula is C24H20NO6-. The zero-order chi connectivity index (χ0) is 22.3. The molecular weight excluding hydrogens is 398 g/mol. The number of fused-ring (bicyclic) bond motifs is 3. The summed E-state index contributed by atoms with van der Waals surface area (Å²) in [6.07, 6.45) is 1.30. The summed E-state index contributed by atoms with van der Waals surface area (Å²) in [5.74, 6) is -2.07. The molecule has 7 nitrogen and oxygen atoms in total. The number of furan rings is 1. The van der Waals surface area contributed by atoms with Gasteiger partial charge in [-0.1, -0.05) is 30.3 Å². The molecule has 0 radical (unpaired) electrons.